The summed E-state index contributed by atoms with van der Waals surface area (Å²) < 4.78 is 6.88. The van der Waals surface area contributed by atoms with Gasteiger partial charge in [0.2, 0.25) is 0 Å². The van der Waals surface area contributed by atoms with Crippen molar-refractivity contribution in [2.75, 3.05) is 0 Å². The number of carbonyl (C=O) groups is 1. The van der Waals surface area contributed by atoms with Crippen molar-refractivity contribution in [2.45, 2.75) is 0 Å². The van der Waals surface area contributed by atoms with Crippen LogP contribution in [0.25, 0.3) is 0 Å². The maximum absolute atomic E-state index is 11.7. The molecule has 0 atom stereocenters. The lowest BCUT2D eigenvalue weighted by Gasteiger charge is -2.05. The molecule has 0 aliphatic rings. The lowest BCUT2D eigenvalue weighted by molar-refractivity contribution is 0.0725. The van der Waals surface area contributed by atoms with Crippen LogP contribution in [0.5, 0.6) is 5.75 Å². The van der Waals surface area contributed by atoms with Gasteiger partial charge in [0.15, 0.2) is 0 Å². The zero-order valence-corrected chi connectivity index (χ0v) is 9.44. The molecule has 4 heteroatoms. The van der Waals surface area contributed by atoms with Crippen LogP contribution in [0.15, 0.2) is 42.6 Å². The maximum Gasteiger partial charge on any atom is 0.360 e. The summed E-state index contributed by atoms with van der Waals surface area (Å²) >= 11 is 5.79. The molecule has 16 heavy (non-hydrogen) atoms. The molecule has 0 aliphatic carbocycles. The minimum Gasteiger partial charge on any atom is -0.422 e. The van der Waals surface area contributed by atoms with Gasteiger partial charge >= 0.3 is 5.97 Å². The normalized spacial score (nSPS) is 10.1. The monoisotopic (exact) mass is 235 g/mol. The van der Waals surface area contributed by atoms with Crippen LogP contribution in [-0.2, 0) is 7.05 Å². The van der Waals surface area contributed by atoms with Crippen molar-refractivity contribution >= 4 is 17.6 Å². The molecule has 0 unspecified atom stereocenters. The number of halogens is 1. The molecule has 0 bridgehead atoms. The molecular weight excluding hydrogens is 226 g/mol. The first-order chi connectivity index (χ1) is 7.66. The third-order valence-corrected chi connectivity index (χ3v) is 2.39. The van der Waals surface area contributed by atoms with Crippen molar-refractivity contribution in [3.8, 4) is 5.75 Å². The topological polar surface area (TPSA) is 31.2 Å². The van der Waals surface area contributed by atoms with Gasteiger partial charge < -0.3 is 9.30 Å². The molecule has 2 rings (SSSR count). The predicted octanol–water partition coefficient (Wildman–Crippen LogP) is 2.90. The highest BCUT2D eigenvalue weighted by Crippen LogP contribution is 2.18. The summed E-state index contributed by atoms with van der Waals surface area (Å²) in [7, 11) is 1.79. The Morgan fingerprint density at radius 1 is 1.31 bits per heavy atom. The maximum atomic E-state index is 11.7. The Kier molecular flexibility index (Phi) is 2.97. The van der Waals surface area contributed by atoms with Crippen LogP contribution in [0.2, 0.25) is 5.02 Å². The van der Waals surface area contributed by atoms with Crippen molar-refractivity contribution in [2.24, 2.45) is 7.05 Å². The van der Waals surface area contributed by atoms with Crippen LogP contribution in [0.4, 0.5) is 0 Å². The standard InChI is InChI=1S/C12H10ClNO2/c1-14-7-3-6-11(14)12(15)16-10-5-2-4-9(13)8-10/h2-8H,1H3. The molecule has 1 aromatic carbocycles. The number of benzene rings is 1. The van der Waals surface area contributed by atoms with Gasteiger partial charge in [-0.05, 0) is 30.3 Å². The highest BCUT2D eigenvalue weighted by atomic mass is 35.5. The van der Waals surface area contributed by atoms with Crippen LogP contribution in [0.1, 0.15) is 10.5 Å². The van der Waals surface area contributed by atoms with E-state index in [1.165, 1.54) is 0 Å². The number of nitrogens with zero attached hydrogens (tertiary/aromatic N) is 1. The first-order valence-electron chi connectivity index (χ1n) is 4.76. The molecule has 0 fully saturated rings. The van der Waals surface area contributed by atoms with Crippen LogP contribution < -0.4 is 4.74 Å². The molecule has 0 saturated carbocycles. The van der Waals surface area contributed by atoms with Gasteiger partial charge in [-0.15, -0.1) is 0 Å². The van der Waals surface area contributed by atoms with E-state index >= 15 is 0 Å². The molecule has 1 heterocycles. The SMILES string of the molecule is Cn1cccc1C(=O)Oc1cccc(Cl)c1. The average Bonchev–Trinajstić information content (AvgIpc) is 2.64. The molecule has 2 aromatic rings. The number of hydrogen-bond acceptors (Lipinski definition) is 2. The van der Waals surface area contributed by atoms with E-state index in [9.17, 15) is 4.79 Å². The van der Waals surface area contributed by atoms with Crippen molar-refractivity contribution < 1.29 is 9.53 Å². The molecule has 0 amide bonds. The van der Waals surface area contributed by atoms with Crippen LogP contribution in [0, 0.1) is 0 Å². The highest BCUT2D eigenvalue weighted by Gasteiger charge is 2.11. The fourth-order valence-corrected chi connectivity index (χ4v) is 1.54. The molecule has 3 nitrogen and oxygen atoms in total. The Bertz CT molecular complexity index is 519. The number of aromatic nitrogens is 1. The third-order valence-electron chi connectivity index (χ3n) is 2.16. The van der Waals surface area contributed by atoms with E-state index in [-0.39, 0.29) is 0 Å². The first-order valence-corrected chi connectivity index (χ1v) is 5.14. The minimum absolute atomic E-state index is 0.394. The Morgan fingerprint density at radius 2 is 2.12 bits per heavy atom. The van der Waals surface area contributed by atoms with E-state index in [4.69, 9.17) is 16.3 Å². The zero-order valence-electron chi connectivity index (χ0n) is 8.68. The molecule has 0 spiro atoms. The fraction of sp³-hybridized carbons (Fsp3) is 0.0833. The second-order valence-electron chi connectivity index (χ2n) is 3.35. The molecular formula is C12H10ClNO2. The van der Waals surface area contributed by atoms with Gasteiger partial charge in [-0.2, -0.15) is 0 Å². The van der Waals surface area contributed by atoms with Crippen molar-refractivity contribution in [3.63, 3.8) is 0 Å². The number of esters is 1. The summed E-state index contributed by atoms with van der Waals surface area (Å²) in [5.41, 5.74) is 0.500. The van der Waals surface area contributed by atoms with Gasteiger partial charge in [0, 0.05) is 18.3 Å². The van der Waals surface area contributed by atoms with E-state index in [1.807, 2.05) is 0 Å². The Morgan fingerprint density at radius 3 is 2.75 bits per heavy atom. The summed E-state index contributed by atoms with van der Waals surface area (Å²) in [4.78, 5) is 11.7. The van der Waals surface area contributed by atoms with E-state index in [0.717, 1.165) is 0 Å². The van der Waals surface area contributed by atoms with Gasteiger partial charge in [-0.25, -0.2) is 4.79 Å². The number of rotatable bonds is 2. The smallest absolute Gasteiger partial charge is 0.360 e. The quantitative estimate of drug-likeness (QED) is 0.592. The van der Waals surface area contributed by atoms with E-state index in [0.29, 0.717) is 16.5 Å². The van der Waals surface area contributed by atoms with Crippen LogP contribution in [0.3, 0.4) is 0 Å². The number of carbonyl (C=O) groups excluding carboxylic acids is 1. The largest absolute Gasteiger partial charge is 0.422 e. The molecule has 82 valence electrons. The molecule has 0 saturated heterocycles. The van der Waals surface area contributed by atoms with E-state index < -0.39 is 5.97 Å². The van der Waals surface area contributed by atoms with Gasteiger partial charge in [-0.1, -0.05) is 17.7 Å². The second-order valence-corrected chi connectivity index (χ2v) is 3.79. The summed E-state index contributed by atoms with van der Waals surface area (Å²) in [6.07, 6.45) is 1.79. The zero-order chi connectivity index (χ0) is 11.5. The molecule has 1 aromatic heterocycles. The highest BCUT2D eigenvalue weighted by molar-refractivity contribution is 6.30. The molecule has 0 aliphatic heterocycles. The summed E-state index contributed by atoms with van der Waals surface area (Å²) in [6.45, 7) is 0. The van der Waals surface area contributed by atoms with Gasteiger partial charge in [0.05, 0.1) is 0 Å². The minimum atomic E-state index is -0.394. The number of hydrogen-bond donors (Lipinski definition) is 0. The lowest BCUT2D eigenvalue weighted by atomic mass is 10.3. The van der Waals surface area contributed by atoms with Gasteiger partial charge in [0.1, 0.15) is 11.4 Å². The third kappa shape index (κ3) is 2.25. The van der Waals surface area contributed by atoms with E-state index in [2.05, 4.69) is 0 Å². The van der Waals surface area contributed by atoms with Gasteiger partial charge in [-0.3, -0.25) is 0 Å². The van der Waals surface area contributed by atoms with Crippen molar-refractivity contribution in [1.82, 2.24) is 4.57 Å². The van der Waals surface area contributed by atoms with Crippen molar-refractivity contribution in [3.05, 3.63) is 53.3 Å². The summed E-state index contributed by atoms with van der Waals surface area (Å²) in [5.74, 6) is 0.0495. The van der Waals surface area contributed by atoms with Crippen LogP contribution >= 0.6 is 11.6 Å². The average molecular weight is 236 g/mol. The Hall–Kier alpha value is -1.74. The van der Waals surface area contributed by atoms with E-state index in [1.54, 1.807) is 54.2 Å². The second kappa shape index (κ2) is 4.41. The summed E-state index contributed by atoms with van der Waals surface area (Å²) in [6, 6.07) is 10.2. The Labute approximate surface area is 98.2 Å². The summed E-state index contributed by atoms with van der Waals surface area (Å²) in [5, 5.41) is 0.539. The molecule has 0 N–H and O–H groups in total. The predicted molar refractivity (Wildman–Crippen MR) is 61.8 cm³/mol. The van der Waals surface area contributed by atoms with Gasteiger partial charge in [0.25, 0.3) is 0 Å². The Balaban J connectivity index is 2.17. The molecule has 0 radical (unpaired) electrons. The number of ether oxygens (including phenoxy) is 1. The fourth-order valence-electron chi connectivity index (χ4n) is 1.36. The number of aryl methyl sites for hydroxylation is 1. The lowest BCUT2D eigenvalue weighted by Crippen LogP contribution is -2.12. The first kappa shape index (κ1) is 10.8. The van der Waals surface area contributed by atoms with Crippen molar-refractivity contribution in [1.29, 1.82) is 0 Å². The van der Waals surface area contributed by atoms with Crippen LogP contribution in [-0.4, -0.2) is 10.5 Å².